The third-order valence-electron chi connectivity index (χ3n) is 5.05. The first-order chi connectivity index (χ1) is 16.5. The summed E-state index contributed by atoms with van der Waals surface area (Å²) in [6.45, 7) is 0.380. The van der Waals surface area contributed by atoms with Crippen molar-refractivity contribution < 1.29 is 17.9 Å². The number of imidazole rings is 1. The van der Waals surface area contributed by atoms with Crippen molar-refractivity contribution in [1.82, 2.24) is 24.1 Å². The predicted molar refractivity (Wildman–Crippen MR) is 126 cm³/mol. The summed E-state index contributed by atoms with van der Waals surface area (Å²) in [5.74, 6) is 0.795. The van der Waals surface area contributed by atoms with Gasteiger partial charge in [0.05, 0.1) is 10.6 Å². The van der Waals surface area contributed by atoms with Crippen LogP contribution in [-0.2, 0) is 10.0 Å². The van der Waals surface area contributed by atoms with Gasteiger partial charge in [-0.1, -0.05) is 30.3 Å². The Morgan fingerprint density at radius 3 is 2.56 bits per heavy atom. The highest BCUT2D eigenvalue weighted by atomic mass is 32.2. The van der Waals surface area contributed by atoms with E-state index in [0.717, 1.165) is 17.0 Å². The summed E-state index contributed by atoms with van der Waals surface area (Å²) in [7, 11) is -3.69. The number of rotatable bonds is 8. The zero-order valence-electron chi connectivity index (χ0n) is 17.8. The van der Waals surface area contributed by atoms with Crippen molar-refractivity contribution in [3.05, 3.63) is 79.3 Å². The van der Waals surface area contributed by atoms with E-state index in [1.165, 1.54) is 24.3 Å². The fraction of sp³-hybridized carbons (Fsp3) is 0.0870. The molecular weight excluding hydrogens is 456 g/mol. The molecule has 0 aliphatic rings. The zero-order chi connectivity index (χ0) is 23.5. The van der Waals surface area contributed by atoms with Gasteiger partial charge in [-0.3, -0.25) is 4.40 Å². The van der Waals surface area contributed by atoms with Gasteiger partial charge in [-0.2, -0.15) is 4.98 Å². The van der Waals surface area contributed by atoms with Crippen LogP contribution in [0.1, 0.15) is 0 Å². The van der Waals surface area contributed by atoms with Gasteiger partial charge in [0.1, 0.15) is 23.4 Å². The lowest BCUT2D eigenvalue weighted by Gasteiger charge is -2.09. The molecule has 0 unspecified atom stereocenters. The molecule has 172 valence electrons. The number of anilines is 1. The number of aromatic nitrogens is 4. The van der Waals surface area contributed by atoms with E-state index >= 15 is 0 Å². The van der Waals surface area contributed by atoms with E-state index in [2.05, 4.69) is 25.0 Å². The van der Waals surface area contributed by atoms with Gasteiger partial charge < -0.3 is 14.8 Å². The number of nitrogens with zero attached hydrogens (tertiary/aromatic N) is 4. The van der Waals surface area contributed by atoms with Gasteiger partial charge in [0.25, 0.3) is 0 Å². The number of phenols is 1. The van der Waals surface area contributed by atoms with Crippen molar-refractivity contribution in [2.75, 3.05) is 18.4 Å². The number of hydrogen-bond acceptors (Lipinski definition) is 8. The first kappa shape index (κ1) is 21.6. The van der Waals surface area contributed by atoms with Crippen LogP contribution in [0, 0.1) is 0 Å². The van der Waals surface area contributed by atoms with Crippen molar-refractivity contribution in [3.63, 3.8) is 0 Å². The van der Waals surface area contributed by atoms with Gasteiger partial charge in [-0.05, 0) is 30.3 Å². The van der Waals surface area contributed by atoms with Gasteiger partial charge in [0.2, 0.25) is 16.0 Å². The van der Waals surface area contributed by atoms with E-state index in [1.807, 2.05) is 34.7 Å². The Labute approximate surface area is 195 Å². The molecule has 0 aliphatic carbocycles. The molecule has 0 aliphatic heterocycles. The lowest BCUT2D eigenvalue weighted by Crippen LogP contribution is -2.29. The first-order valence-electron chi connectivity index (χ1n) is 10.4. The highest BCUT2D eigenvalue weighted by molar-refractivity contribution is 7.89. The normalized spacial score (nSPS) is 11.6. The standard InChI is InChI=1S/C23H20N6O4S/c30-17-6-8-18(9-7-17)34(31,32)26-13-12-25-22-24-11-10-19(27-22)21-20(16-4-2-1-3-5-16)28-23-29(21)14-15-33-23/h1-11,14-15,26,30H,12-13H2,(H,24,25,27). The Hall–Kier alpha value is -4.22. The molecular formula is C23H20N6O4S. The van der Waals surface area contributed by atoms with Crippen molar-refractivity contribution >= 4 is 21.8 Å². The fourth-order valence-corrected chi connectivity index (χ4v) is 4.50. The number of phenolic OH excluding ortho intramolecular Hbond substituents is 1. The van der Waals surface area contributed by atoms with Crippen molar-refractivity contribution in [2.24, 2.45) is 0 Å². The Morgan fingerprint density at radius 2 is 1.76 bits per heavy atom. The zero-order valence-corrected chi connectivity index (χ0v) is 18.6. The Morgan fingerprint density at radius 1 is 0.971 bits per heavy atom. The molecule has 34 heavy (non-hydrogen) atoms. The van der Waals surface area contributed by atoms with Crippen molar-refractivity contribution in [1.29, 1.82) is 0 Å². The SMILES string of the molecule is O=S(=O)(NCCNc1nccc(-c2c(-c3ccccc3)nc3occn23)n1)c1ccc(O)cc1. The number of nitrogens with one attached hydrogen (secondary N) is 2. The second-order valence-corrected chi connectivity index (χ2v) is 9.08. The summed E-state index contributed by atoms with van der Waals surface area (Å²) in [5, 5.41) is 12.4. The van der Waals surface area contributed by atoms with Gasteiger partial charge >= 0.3 is 5.84 Å². The first-order valence-corrected chi connectivity index (χ1v) is 11.9. The molecule has 0 saturated carbocycles. The third kappa shape index (κ3) is 4.34. The molecule has 3 N–H and O–H groups in total. The van der Waals surface area contributed by atoms with Crippen molar-refractivity contribution in [2.45, 2.75) is 4.90 Å². The van der Waals surface area contributed by atoms with E-state index in [9.17, 15) is 13.5 Å². The number of fused-ring (bicyclic) bond motifs is 1. The summed E-state index contributed by atoms with van der Waals surface area (Å²) in [4.78, 5) is 13.5. The van der Waals surface area contributed by atoms with E-state index < -0.39 is 10.0 Å². The molecule has 0 fully saturated rings. The van der Waals surface area contributed by atoms with Gasteiger partial charge in [0, 0.05) is 31.0 Å². The second-order valence-electron chi connectivity index (χ2n) is 7.31. The molecule has 0 radical (unpaired) electrons. The molecule has 3 aromatic heterocycles. The topological polar surface area (TPSA) is 135 Å². The molecule has 0 bridgehead atoms. The minimum Gasteiger partial charge on any atom is -0.508 e. The number of sulfonamides is 1. The summed E-state index contributed by atoms with van der Waals surface area (Å²) < 4.78 is 34.5. The van der Waals surface area contributed by atoms with Crippen LogP contribution in [0.4, 0.5) is 5.95 Å². The molecule has 5 aromatic rings. The summed E-state index contributed by atoms with van der Waals surface area (Å²) >= 11 is 0. The number of oxazole rings is 1. The van der Waals surface area contributed by atoms with Gasteiger partial charge in [-0.15, -0.1) is 0 Å². The maximum Gasteiger partial charge on any atom is 0.306 e. The Kier molecular flexibility index (Phi) is 5.70. The quantitative estimate of drug-likeness (QED) is 0.291. The molecule has 0 spiro atoms. The average Bonchev–Trinajstić information content (AvgIpc) is 3.44. The van der Waals surface area contributed by atoms with Crippen LogP contribution >= 0.6 is 0 Å². The molecule has 3 heterocycles. The lowest BCUT2D eigenvalue weighted by atomic mass is 10.1. The maximum atomic E-state index is 12.4. The smallest absolute Gasteiger partial charge is 0.306 e. The van der Waals surface area contributed by atoms with Crippen LogP contribution in [0.15, 0.2) is 88.6 Å². The van der Waals surface area contributed by atoms with Gasteiger partial charge in [-0.25, -0.2) is 23.1 Å². The Bertz CT molecular complexity index is 1530. The highest BCUT2D eigenvalue weighted by Crippen LogP contribution is 2.32. The molecule has 5 rings (SSSR count). The van der Waals surface area contributed by atoms with Crippen LogP contribution in [-0.4, -0.2) is 46.0 Å². The van der Waals surface area contributed by atoms with Crippen molar-refractivity contribution in [3.8, 4) is 28.4 Å². The van der Waals surface area contributed by atoms with Crippen LogP contribution < -0.4 is 10.0 Å². The summed E-state index contributed by atoms with van der Waals surface area (Å²) in [6, 6.07) is 16.8. The third-order valence-corrected chi connectivity index (χ3v) is 6.53. The van der Waals surface area contributed by atoms with E-state index in [-0.39, 0.29) is 23.7 Å². The van der Waals surface area contributed by atoms with Crippen LogP contribution in [0.2, 0.25) is 0 Å². The van der Waals surface area contributed by atoms with Crippen LogP contribution in [0.25, 0.3) is 28.5 Å². The molecule has 10 nitrogen and oxygen atoms in total. The monoisotopic (exact) mass is 476 g/mol. The largest absolute Gasteiger partial charge is 0.508 e. The number of hydrogen-bond donors (Lipinski definition) is 3. The second kappa shape index (κ2) is 8.96. The molecule has 0 amide bonds. The molecule has 0 saturated heterocycles. The summed E-state index contributed by atoms with van der Waals surface area (Å²) in [6.07, 6.45) is 4.96. The van der Waals surface area contributed by atoms with Crippen LogP contribution in [0.5, 0.6) is 5.75 Å². The van der Waals surface area contributed by atoms with Gasteiger partial charge in [0.15, 0.2) is 0 Å². The molecule has 11 heteroatoms. The molecule has 0 atom stereocenters. The number of benzene rings is 2. The Balaban J connectivity index is 1.33. The fourth-order valence-electron chi connectivity index (χ4n) is 3.47. The average molecular weight is 477 g/mol. The minimum absolute atomic E-state index is 0.000972. The maximum absolute atomic E-state index is 12.4. The van der Waals surface area contributed by atoms with E-state index in [4.69, 9.17) is 4.42 Å². The van der Waals surface area contributed by atoms with Crippen LogP contribution in [0.3, 0.4) is 0 Å². The summed E-state index contributed by atoms with van der Waals surface area (Å²) in [5.41, 5.74) is 3.04. The number of aromatic hydroxyl groups is 1. The van der Waals surface area contributed by atoms with E-state index in [0.29, 0.717) is 17.5 Å². The predicted octanol–water partition coefficient (Wildman–Crippen LogP) is 3.15. The lowest BCUT2D eigenvalue weighted by molar-refractivity contribution is 0.474. The molecule has 2 aromatic carbocycles. The highest BCUT2D eigenvalue weighted by Gasteiger charge is 2.19. The minimum atomic E-state index is -3.69. The van der Waals surface area contributed by atoms with E-state index in [1.54, 1.807) is 24.7 Å².